The lowest BCUT2D eigenvalue weighted by Crippen LogP contribution is -2.33. The molecule has 1 aromatic heterocycles. The van der Waals surface area contributed by atoms with Crippen LogP contribution in [-0.2, 0) is 11.3 Å². The minimum Gasteiger partial charge on any atom is -0.381 e. The number of nitrogens with zero attached hydrogens (tertiary/aromatic N) is 2. The first kappa shape index (κ1) is 10.5. The Morgan fingerprint density at radius 2 is 2.60 bits per heavy atom. The van der Waals surface area contributed by atoms with Gasteiger partial charge in [-0.2, -0.15) is 10.2 Å². The Balaban J connectivity index is 1.77. The first-order valence-corrected chi connectivity index (χ1v) is 5.44. The quantitative estimate of drug-likeness (QED) is 0.800. The normalized spacial score (nSPS) is 22.9. The summed E-state index contributed by atoms with van der Waals surface area (Å²) in [5.74, 6) is 0.640. The van der Waals surface area contributed by atoms with Crippen LogP contribution in [0.25, 0.3) is 0 Å². The molecule has 4 nitrogen and oxygen atoms in total. The molecule has 0 aromatic carbocycles. The number of ether oxygens (including phenoxy) is 1. The van der Waals surface area contributed by atoms with Gasteiger partial charge in [0, 0.05) is 25.4 Å². The Morgan fingerprint density at radius 3 is 3.27 bits per heavy atom. The van der Waals surface area contributed by atoms with E-state index in [0.717, 1.165) is 31.9 Å². The van der Waals surface area contributed by atoms with Crippen molar-refractivity contribution < 1.29 is 4.74 Å². The molecule has 1 N–H and O–H groups in total. The second kappa shape index (κ2) is 5.19. The van der Waals surface area contributed by atoms with Crippen molar-refractivity contribution in [2.24, 2.45) is 5.92 Å². The lowest BCUT2D eigenvalue weighted by atomic mass is 10.0. The number of hydrogen-bond donors (Lipinski definition) is 1. The summed E-state index contributed by atoms with van der Waals surface area (Å²) in [7, 11) is 0. The van der Waals surface area contributed by atoms with Crippen LogP contribution in [0.1, 0.15) is 19.0 Å². The molecule has 15 heavy (non-hydrogen) atoms. The van der Waals surface area contributed by atoms with E-state index < -0.39 is 0 Å². The van der Waals surface area contributed by atoms with Gasteiger partial charge in [0.2, 0.25) is 0 Å². The molecule has 2 rings (SSSR count). The molecule has 0 amide bonds. The monoisotopic (exact) mass is 207 g/mol. The fourth-order valence-electron chi connectivity index (χ4n) is 1.81. The molecule has 0 bridgehead atoms. The Morgan fingerprint density at radius 1 is 1.67 bits per heavy atom. The van der Waals surface area contributed by atoms with Gasteiger partial charge in [0.1, 0.15) is 0 Å². The Labute approximate surface area is 90.1 Å². The molecule has 1 aromatic rings. The highest BCUT2D eigenvalue weighted by Gasteiger charge is 2.21. The first-order valence-electron chi connectivity index (χ1n) is 5.44. The zero-order chi connectivity index (χ0) is 10.5. The Bertz CT molecular complexity index is 285. The molecule has 2 unspecified atom stereocenters. The maximum atomic E-state index is 5.36. The molecule has 82 valence electrons. The summed E-state index contributed by atoms with van der Waals surface area (Å²) >= 11 is 0. The SMILES string of the molecule is CC(NCc1cccnn1)C1CCOC1. The van der Waals surface area contributed by atoms with E-state index in [0.29, 0.717) is 12.0 Å². The third-order valence-electron chi connectivity index (χ3n) is 2.90. The summed E-state index contributed by atoms with van der Waals surface area (Å²) in [6.07, 6.45) is 2.85. The largest absolute Gasteiger partial charge is 0.381 e. The van der Waals surface area contributed by atoms with Crippen molar-refractivity contribution in [2.45, 2.75) is 25.9 Å². The molecule has 0 radical (unpaired) electrons. The van der Waals surface area contributed by atoms with Crippen molar-refractivity contribution in [1.29, 1.82) is 0 Å². The molecule has 2 heterocycles. The van der Waals surface area contributed by atoms with E-state index in [2.05, 4.69) is 22.4 Å². The van der Waals surface area contributed by atoms with Gasteiger partial charge in [-0.3, -0.25) is 0 Å². The van der Waals surface area contributed by atoms with E-state index in [9.17, 15) is 0 Å². The highest BCUT2D eigenvalue weighted by atomic mass is 16.5. The van der Waals surface area contributed by atoms with Crippen LogP contribution in [0.2, 0.25) is 0 Å². The van der Waals surface area contributed by atoms with E-state index in [1.807, 2.05) is 12.1 Å². The average molecular weight is 207 g/mol. The topological polar surface area (TPSA) is 47.0 Å². The van der Waals surface area contributed by atoms with Crippen LogP contribution in [0.5, 0.6) is 0 Å². The van der Waals surface area contributed by atoms with Gasteiger partial charge in [-0.1, -0.05) is 0 Å². The molecular formula is C11H17N3O. The van der Waals surface area contributed by atoms with Gasteiger partial charge in [-0.15, -0.1) is 0 Å². The summed E-state index contributed by atoms with van der Waals surface area (Å²) in [5, 5.41) is 11.3. The molecule has 0 aliphatic carbocycles. The van der Waals surface area contributed by atoms with Crippen LogP contribution < -0.4 is 5.32 Å². The van der Waals surface area contributed by atoms with Crippen LogP contribution in [0.15, 0.2) is 18.3 Å². The molecule has 2 atom stereocenters. The Hall–Kier alpha value is -1.00. The lowest BCUT2D eigenvalue weighted by Gasteiger charge is -2.18. The Kier molecular flexibility index (Phi) is 3.64. The molecule has 1 aliphatic heterocycles. The number of hydrogen-bond acceptors (Lipinski definition) is 4. The van der Waals surface area contributed by atoms with Gasteiger partial charge in [-0.05, 0) is 31.4 Å². The fraction of sp³-hybridized carbons (Fsp3) is 0.636. The third-order valence-corrected chi connectivity index (χ3v) is 2.90. The van der Waals surface area contributed by atoms with Gasteiger partial charge in [0.15, 0.2) is 0 Å². The van der Waals surface area contributed by atoms with Crippen LogP contribution in [0, 0.1) is 5.92 Å². The fourth-order valence-corrected chi connectivity index (χ4v) is 1.81. The molecule has 1 saturated heterocycles. The average Bonchev–Trinajstić information content (AvgIpc) is 2.81. The van der Waals surface area contributed by atoms with Crippen molar-refractivity contribution in [3.8, 4) is 0 Å². The van der Waals surface area contributed by atoms with Crippen LogP contribution in [0.3, 0.4) is 0 Å². The highest BCUT2D eigenvalue weighted by Crippen LogP contribution is 2.16. The third kappa shape index (κ3) is 2.97. The predicted molar refractivity (Wildman–Crippen MR) is 57.3 cm³/mol. The first-order chi connectivity index (χ1) is 7.36. The van der Waals surface area contributed by atoms with Crippen molar-refractivity contribution >= 4 is 0 Å². The molecule has 0 saturated carbocycles. The number of nitrogens with one attached hydrogen (secondary N) is 1. The summed E-state index contributed by atoms with van der Waals surface area (Å²) < 4.78 is 5.36. The van der Waals surface area contributed by atoms with Gasteiger partial charge in [0.25, 0.3) is 0 Å². The number of aromatic nitrogens is 2. The lowest BCUT2D eigenvalue weighted by molar-refractivity contribution is 0.178. The van der Waals surface area contributed by atoms with E-state index in [-0.39, 0.29) is 0 Å². The predicted octanol–water partition coefficient (Wildman–Crippen LogP) is 0.991. The molecule has 0 spiro atoms. The maximum absolute atomic E-state index is 5.36. The second-order valence-corrected chi connectivity index (χ2v) is 4.01. The number of rotatable bonds is 4. The van der Waals surface area contributed by atoms with E-state index in [1.54, 1.807) is 6.20 Å². The van der Waals surface area contributed by atoms with Crippen LogP contribution in [0.4, 0.5) is 0 Å². The maximum Gasteiger partial charge on any atom is 0.0769 e. The highest BCUT2D eigenvalue weighted by molar-refractivity contribution is 4.98. The molecule has 1 fully saturated rings. The van der Waals surface area contributed by atoms with Gasteiger partial charge in [0.05, 0.1) is 12.3 Å². The van der Waals surface area contributed by atoms with Crippen molar-refractivity contribution in [3.63, 3.8) is 0 Å². The molecule has 1 aliphatic rings. The summed E-state index contributed by atoms with van der Waals surface area (Å²) in [5.41, 5.74) is 0.989. The molecular weight excluding hydrogens is 190 g/mol. The van der Waals surface area contributed by atoms with Crippen LogP contribution >= 0.6 is 0 Å². The van der Waals surface area contributed by atoms with Gasteiger partial charge >= 0.3 is 0 Å². The zero-order valence-electron chi connectivity index (χ0n) is 9.02. The van der Waals surface area contributed by atoms with Crippen molar-refractivity contribution in [2.75, 3.05) is 13.2 Å². The standard InChI is InChI=1S/C11H17N3O/c1-9(10-4-6-15-8-10)12-7-11-3-2-5-13-14-11/h2-3,5,9-10,12H,4,6-8H2,1H3. The minimum atomic E-state index is 0.481. The van der Waals surface area contributed by atoms with E-state index in [1.165, 1.54) is 0 Å². The smallest absolute Gasteiger partial charge is 0.0769 e. The minimum absolute atomic E-state index is 0.481. The summed E-state index contributed by atoms with van der Waals surface area (Å²) in [4.78, 5) is 0. The van der Waals surface area contributed by atoms with Crippen molar-refractivity contribution in [1.82, 2.24) is 15.5 Å². The summed E-state index contributed by atoms with van der Waals surface area (Å²) in [6, 6.07) is 4.38. The second-order valence-electron chi connectivity index (χ2n) is 4.01. The summed E-state index contributed by atoms with van der Waals surface area (Å²) in [6.45, 7) is 4.78. The zero-order valence-corrected chi connectivity index (χ0v) is 9.02. The van der Waals surface area contributed by atoms with E-state index >= 15 is 0 Å². The van der Waals surface area contributed by atoms with Crippen molar-refractivity contribution in [3.05, 3.63) is 24.0 Å². The molecule has 4 heteroatoms. The van der Waals surface area contributed by atoms with Crippen LogP contribution in [-0.4, -0.2) is 29.5 Å². The van der Waals surface area contributed by atoms with Gasteiger partial charge < -0.3 is 10.1 Å². The van der Waals surface area contributed by atoms with E-state index in [4.69, 9.17) is 4.74 Å². The van der Waals surface area contributed by atoms with Gasteiger partial charge in [-0.25, -0.2) is 0 Å².